The number of nitrogens with zero attached hydrogens (tertiary/aromatic N) is 3. The molecular formula is C18H16N4OS. The van der Waals surface area contributed by atoms with Crippen LogP contribution in [0.2, 0.25) is 0 Å². The Balaban J connectivity index is 1.56. The van der Waals surface area contributed by atoms with Crippen molar-refractivity contribution in [3.63, 3.8) is 0 Å². The van der Waals surface area contributed by atoms with Crippen LogP contribution in [-0.2, 0) is 17.8 Å². The van der Waals surface area contributed by atoms with Gasteiger partial charge in [-0.05, 0) is 23.6 Å². The first-order valence-electron chi connectivity index (χ1n) is 7.75. The fourth-order valence-corrected chi connectivity index (χ4v) is 4.19. The molecule has 6 heteroatoms. The Labute approximate surface area is 143 Å². The van der Waals surface area contributed by atoms with Gasteiger partial charge in [0.2, 0.25) is 5.91 Å². The second kappa shape index (κ2) is 6.05. The summed E-state index contributed by atoms with van der Waals surface area (Å²) in [6.45, 7) is 1.29. The Morgan fingerprint density at radius 3 is 2.92 bits per heavy atom. The van der Waals surface area contributed by atoms with Gasteiger partial charge in [-0.15, -0.1) is 11.3 Å². The van der Waals surface area contributed by atoms with E-state index < -0.39 is 0 Å². The number of hydrogen-bond acceptors (Lipinski definition) is 5. The van der Waals surface area contributed by atoms with E-state index in [0.717, 1.165) is 27.1 Å². The van der Waals surface area contributed by atoms with Gasteiger partial charge in [0.15, 0.2) is 0 Å². The minimum Gasteiger partial charge on any atom is -0.383 e. The zero-order valence-corrected chi connectivity index (χ0v) is 13.8. The van der Waals surface area contributed by atoms with E-state index in [-0.39, 0.29) is 5.91 Å². The highest BCUT2D eigenvalue weighted by Crippen LogP contribution is 2.36. The monoisotopic (exact) mass is 336 g/mol. The number of anilines is 1. The Morgan fingerprint density at radius 1 is 1.25 bits per heavy atom. The Morgan fingerprint density at radius 2 is 2.08 bits per heavy atom. The number of nitrogen functional groups attached to an aromatic ring is 1. The summed E-state index contributed by atoms with van der Waals surface area (Å²) in [4.78, 5) is 24.8. The second-order valence-electron chi connectivity index (χ2n) is 5.70. The van der Waals surface area contributed by atoms with Crippen LogP contribution >= 0.6 is 11.3 Å². The van der Waals surface area contributed by atoms with Crippen molar-refractivity contribution in [2.75, 3.05) is 12.3 Å². The van der Waals surface area contributed by atoms with E-state index in [1.165, 1.54) is 11.9 Å². The average Bonchev–Trinajstić information content (AvgIpc) is 2.99. The quantitative estimate of drug-likeness (QED) is 0.731. The maximum atomic E-state index is 12.5. The molecule has 0 radical (unpaired) electrons. The number of carbonyl (C=O) groups is 1. The minimum atomic E-state index is 0.0287. The summed E-state index contributed by atoms with van der Waals surface area (Å²) < 4.78 is 0. The normalized spacial score (nSPS) is 14.2. The lowest BCUT2D eigenvalue weighted by Crippen LogP contribution is -2.34. The van der Waals surface area contributed by atoms with Crippen molar-refractivity contribution < 1.29 is 4.79 Å². The molecule has 0 saturated heterocycles. The first-order valence-corrected chi connectivity index (χ1v) is 8.57. The standard InChI is InChI=1S/C18H16N4OS/c19-17-16-13-8-9-22(10-14(13)24-18(16)21-11-20-17)15(23)7-6-12-4-2-1-3-5-12/h1-7,11H,8-10H2,(H2,19,20,21). The van der Waals surface area contributed by atoms with Crippen LogP contribution < -0.4 is 5.73 Å². The summed E-state index contributed by atoms with van der Waals surface area (Å²) in [6, 6.07) is 9.83. The Kier molecular flexibility index (Phi) is 3.74. The predicted octanol–water partition coefficient (Wildman–Crippen LogP) is 2.87. The number of nitrogens with two attached hydrogens (primary N) is 1. The molecule has 3 heterocycles. The van der Waals surface area contributed by atoms with Crippen LogP contribution in [-0.4, -0.2) is 27.3 Å². The van der Waals surface area contributed by atoms with E-state index in [0.29, 0.717) is 18.9 Å². The molecule has 0 saturated carbocycles. The summed E-state index contributed by atoms with van der Waals surface area (Å²) in [5.41, 5.74) is 8.22. The summed E-state index contributed by atoms with van der Waals surface area (Å²) in [5.74, 6) is 0.558. The van der Waals surface area contributed by atoms with Crippen LogP contribution in [0, 0.1) is 0 Å². The van der Waals surface area contributed by atoms with Crippen LogP contribution in [0.5, 0.6) is 0 Å². The molecule has 0 unspecified atom stereocenters. The van der Waals surface area contributed by atoms with E-state index in [1.54, 1.807) is 17.4 Å². The van der Waals surface area contributed by atoms with E-state index in [2.05, 4.69) is 9.97 Å². The highest BCUT2D eigenvalue weighted by Gasteiger charge is 2.24. The first-order chi connectivity index (χ1) is 11.7. The smallest absolute Gasteiger partial charge is 0.246 e. The van der Waals surface area contributed by atoms with Gasteiger partial charge in [0, 0.05) is 17.5 Å². The molecule has 2 N–H and O–H groups in total. The molecule has 0 spiro atoms. The van der Waals surface area contributed by atoms with Crippen molar-refractivity contribution in [2.24, 2.45) is 0 Å². The predicted molar refractivity (Wildman–Crippen MR) is 96.4 cm³/mol. The number of aromatic nitrogens is 2. The van der Waals surface area contributed by atoms with Crippen molar-refractivity contribution in [3.05, 3.63) is 58.7 Å². The molecule has 0 bridgehead atoms. The molecule has 0 atom stereocenters. The van der Waals surface area contributed by atoms with Crippen molar-refractivity contribution in [2.45, 2.75) is 13.0 Å². The average molecular weight is 336 g/mol. The van der Waals surface area contributed by atoms with Gasteiger partial charge in [0.25, 0.3) is 0 Å². The molecule has 3 aromatic rings. The maximum Gasteiger partial charge on any atom is 0.246 e. The molecule has 0 aliphatic carbocycles. The summed E-state index contributed by atoms with van der Waals surface area (Å²) in [7, 11) is 0. The van der Waals surface area contributed by atoms with Gasteiger partial charge in [-0.1, -0.05) is 30.3 Å². The van der Waals surface area contributed by atoms with E-state index in [9.17, 15) is 4.79 Å². The van der Waals surface area contributed by atoms with Crippen molar-refractivity contribution in [1.29, 1.82) is 0 Å². The lowest BCUT2D eigenvalue weighted by atomic mass is 10.0. The lowest BCUT2D eigenvalue weighted by molar-refractivity contribution is -0.126. The summed E-state index contributed by atoms with van der Waals surface area (Å²) >= 11 is 1.60. The number of thiophene rings is 1. The zero-order chi connectivity index (χ0) is 16.5. The fraction of sp³-hybridized carbons (Fsp3) is 0.167. The van der Waals surface area contributed by atoms with Crippen LogP contribution in [0.25, 0.3) is 16.3 Å². The van der Waals surface area contributed by atoms with Gasteiger partial charge in [-0.3, -0.25) is 4.79 Å². The Hall–Kier alpha value is -2.73. The molecule has 120 valence electrons. The zero-order valence-electron chi connectivity index (χ0n) is 13.0. The van der Waals surface area contributed by atoms with Gasteiger partial charge in [-0.2, -0.15) is 0 Å². The molecule has 1 aromatic carbocycles. The van der Waals surface area contributed by atoms with Crippen LogP contribution in [0.4, 0.5) is 5.82 Å². The first kappa shape index (κ1) is 14.8. The molecule has 24 heavy (non-hydrogen) atoms. The van der Waals surface area contributed by atoms with Crippen molar-refractivity contribution in [1.82, 2.24) is 14.9 Å². The molecule has 2 aromatic heterocycles. The van der Waals surface area contributed by atoms with Gasteiger partial charge < -0.3 is 10.6 Å². The molecule has 5 nitrogen and oxygen atoms in total. The largest absolute Gasteiger partial charge is 0.383 e. The number of amides is 1. The summed E-state index contributed by atoms with van der Waals surface area (Å²) in [5, 5.41) is 0.962. The van der Waals surface area contributed by atoms with E-state index in [4.69, 9.17) is 5.73 Å². The number of fused-ring (bicyclic) bond motifs is 3. The highest BCUT2D eigenvalue weighted by molar-refractivity contribution is 7.19. The third kappa shape index (κ3) is 2.65. The number of carbonyl (C=O) groups excluding carboxylic acids is 1. The molecule has 1 aliphatic rings. The third-order valence-electron chi connectivity index (χ3n) is 4.20. The number of rotatable bonds is 2. The lowest BCUT2D eigenvalue weighted by Gasteiger charge is -2.26. The number of hydrogen-bond donors (Lipinski definition) is 1. The molecule has 1 aliphatic heterocycles. The topological polar surface area (TPSA) is 72.1 Å². The highest BCUT2D eigenvalue weighted by atomic mass is 32.1. The van der Waals surface area contributed by atoms with Crippen molar-refractivity contribution >= 4 is 39.4 Å². The van der Waals surface area contributed by atoms with Gasteiger partial charge in [0.1, 0.15) is 17.0 Å². The maximum absolute atomic E-state index is 12.5. The SMILES string of the molecule is Nc1ncnc2sc3c(c12)CCN(C(=O)C=Cc1ccccc1)C3. The number of benzene rings is 1. The molecule has 4 rings (SSSR count). The fourth-order valence-electron chi connectivity index (χ4n) is 2.98. The van der Waals surface area contributed by atoms with Gasteiger partial charge >= 0.3 is 0 Å². The van der Waals surface area contributed by atoms with Crippen LogP contribution in [0.15, 0.2) is 42.7 Å². The summed E-state index contributed by atoms with van der Waals surface area (Å²) in [6.07, 6.45) is 5.77. The van der Waals surface area contributed by atoms with E-state index >= 15 is 0 Å². The van der Waals surface area contributed by atoms with Gasteiger partial charge in [-0.25, -0.2) is 9.97 Å². The van der Waals surface area contributed by atoms with Crippen LogP contribution in [0.3, 0.4) is 0 Å². The van der Waals surface area contributed by atoms with Gasteiger partial charge in [0.05, 0.1) is 11.9 Å². The molecule has 0 fully saturated rings. The molecule has 1 amide bonds. The second-order valence-corrected chi connectivity index (χ2v) is 6.78. The molecular weight excluding hydrogens is 320 g/mol. The van der Waals surface area contributed by atoms with Crippen molar-refractivity contribution in [3.8, 4) is 0 Å². The minimum absolute atomic E-state index is 0.0287. The van der Waals surface area contributed by atoms with Crippen LogP contribution in [0.1, 0.15) is 16.0 Å². The third-order valence-corrected chi connectivity index (χ3v) is 5.32. The van der Waals surface area contributed by atoms with E-state index in [1.807, 2.05) is 41.3 Å². The Bertz CT molecular complexity index is 933.